The molecule has 2 heterocycles. The third-order valence-electron chi connectivity index (χ3n) is 5.29. The largest absolute Gasteiger partial charge is 0.306 e. The molecule has 4 nitrogen and oxygen atoms in total. The first-order valence-corrected chi connectivity index (χ1v) is 9.82. The molecule has 26 heavy (non-hydrogen) atoms. The van der Waals surface area contributed by atoms with Gasteiger partial charge in [-0.1, -0.05) is 12.1 Å². The maximum Gasteiger partial charge on any atom is 0.123 e. The van der Waals surface area contributed by atoms with E-state index < -0.39 is 0 Å². The Morgan fingerprint density at radius 3 is 2.85 bits per heavy atom. The molecule has 0 amide bonds. The Kier molecular flexibility index (Phi) is 7.21. The summed E-state index contributed by atoms with van der Waals surface area (Å²) in [7, 11) is 2.24. The second-order valence-corrected chi connectivity index (χ2v) is 7.57. The van der Waals surface area contributed by atoms with Gasteiger partial charge in [0.1, 0.15) is 5.82 Å². The van der Waals surface area contributed by atoms with Crippen LogP contribution in [0.1, 0.15) is 24.8 Å². The summed E-state index contributed by atoms with van der Waals surface area (Å²) in [6.45, 7) is 6.74. The predicted octanol–water partition coefficient (Wildman–Crippen LogP) is 3.30. The average Bonchev–Trinajstić information content (AvgIpc) is 3.15. The van der Waals surface area contributed by atoms with Gasteiger partial charge in [-0.05, 0) is 75.5 Å². The highest BCUT2D eigenvalue weighted by molar-refractivity contribution is 5.16. The molecule has 0 spiro atoms. The summed E-state index contributed by atoms with van der Waals surface area (Å²) in [5.41, 5.74) is 1.23. The van der Waals surface area contributed by atoms with E-state index in [4.69, 9.17) is 0 Å². The number of halogens is 1. The minimum Gasteiger partial charge on any atom is -0.306 e. The molecule has 1 aromatic heterocycles. The number of benzene rings is 1. The highest BCUT2D eigenvalue weighted by Gasteiger charge is 2.20. The van der Waals surface area contributed by atoms with Gasteiger partial charge in [0.05, 0.1) is 0 Å². The quantitative estimate of drug-likeness (QED) is 0.687. The van der Waals surface area contributed by atoms with Crippen LogP contribution in [-0.2, 0) is 13.0 Å². The molecule has 1 aliphatic heterocycles. The van der Waals surface area contributed by atoms with Crippen molar-refractivity contribution < 1.29 is 4.39 Å². The number of likely N-dealkylation sites (tertiary alicyclic amines) is 1. The van der Waals surface area contributed by atoms with Crippen LogP contribution in [0.4, 0.5) is 4.39 Å². The number of hydrogen-bond acceptors (Lipinski definition) is 3. The Hall–Kier alpha value is -1.72. The number of rotatable bonds is 9. The monoisotopic (exact) mass is 358 g/mol. The maximum absolute atomic E-state index is 13.0. The zero-order valence-electron chi connectivity index (χ0n) is 15.9. The molecule has 142 valence electrons. The van der Waals surface area contributed by atoms with Crippen molar-refractivity contribution >= 4 is 0 Å². The molecule has 1 aliphatic rings. The average molecular weight is 359 g/mol. The van der Waals surface area contributed by atoms with Gasteiger partial charge in [0.2, 0.25) is 0 Å². The summed E-state index contributed by atoms with van der Waals surface area (Å²) in [6.07, 6.45) is 8.63. The lowest BCUT2D eigenvalue weighted by Crippen LogP contribution is -2.41. The van der Waals surface area contributed by atoms with Gasteiger partial charge in [-0.25, -0.2) is 4.39 Å². The van der Waals surface area contributed by atoms with Gasteiger partial charge in [-0.15, -0.1) is 0 Å². The van der Waals surface area contributed by atoms with Crippen LogP contribution in [0, 0.1) is 11.7 Å². The molecule has 1 aromatic carbocycles. The Labute approximate surface area is 156 Å². The van der Waals surface area contributed by atoms with Crippen molar-refractivity contribution in [2.24, 2.45) is 5.92 Å². The van der Waals surface area contributed by atoms with E-state index in [1.807, 2.05) is 35.3 Å². The van der Waals surface area contributed by atoms with Crippen LogP contribution >= 0.6 is 0 Å². The van der Waals surface area contributed by atoms with Crippen molar-refractivity contribution in [3.05, 3.63) is 54.1 Å². The number of piperidine rings is 1. The fourth-order valence-corrected chi connectivity index (χ4v) is 3.91. The Balaban J connectivity index is 1.35. The van der Waals surface area contributed by atoms with Gasteiger partial charge in [0.25, 0.3) is 0 Å². The molecule has 0 bridgehead atoms. The van der Waals surface area contributed by atoms with E-state index in [-0.39, 0.29) is 5.82 Å². The Morgan fingerprint density at radius 1 is 1.23 bits per heavy atom. The third kappa shape index (κ3) is 6.22. The first-order valence-electron chi connectivity index (χ1n) is 9.82. The standard InChI is InChI=1S/C21H31FN4/c1-24(12-4-15-26-14-3-11-23-26)17-20-5-2-13-25(18-20)16-10-19-6-8-21(22)9-7-19/h3,6-9,11,14,20H,2,4-5,10,12-13,15-18H2,1H3. The van der Waals surface area contributed by atoms with Crippen LogP contribution in [0.25, 0.3) is 0 Å². The van der Waals surface area contributed by atoms with Crippen LogP contribution in [0.5, 0.6) is 0 Å². The predicted molar refractivity (Wildman–Crippen MR) is 104 cm³/mol. The summed E-state index contributed by atoms with van der Waals surface area (Å²) in [4.78, 5) is 5.05. The lowest BCUT2D eigenvalue weighted by Gasteiger charge is -2.34. The van der Waals surface area contributed by atoms with Crippen molar-refractivity contribution in [1.29, 1.82) is 0 Å². The molecule has 0 aliphatic carbocycles. The van der Waals surface area contributed by atoms with Crippen LogP contribution < -0.4 is 0 Å². The highest BCUT2D eigenvalue weighted by atomic mass is 19.1. The maximum atomic E-state index is 13.0. The molecule has 5 heteroatoms. The zero-order chi connectivity index (χ0) is 18.2. The topological polar surface area (TPSA) is 24.3 Å². The minimum atomic E-state index is -0.151. The van der Waals surface area contributed by atoms with Gasteiger partial charge in [-0.3, -0.25) is 4.68 Å². The molecule has 1 fully saturated rings. The Bertz CT molecular complexity index is 626. The van der Waals surface area contributed by atoms with Gasteiger partial charge < -0.3 is 9.80 Å². The van der Waals surface area contributed by atoms with E-state index in [1.54, 1.807) is 12.1 Å². The molecular formula is C21H31FN4. The molecule has 0 N–H and O–H groups in total. The van der Waals surface area contributed by atoms with Gasteiger partial charge in [-0.2, -0.15) is 5.10 Å². The van der Waals surface area contributed by atoms with E-state index in [1.165, 1.54) is 38.0 Å². The summed E-state index contributed by atoms with van der Waals surface area (Å²) in [6, 6.07) is 8.92. The van der Waals surface area contributed by atoms with Crippen molar-refractivity contribution in [3.63, 3.8) is 0 Å². The van der Waals surface area contributed by atoms with E-state index in [9.17, 15) is 4.39 Å². The smallest absolute Gasteiger partial charge is 0.123 e. The lowest BCUT2D eigenvalue weighted by molar-refractivity contribution is 0.143. The van der Waals surface area contributed by atoms with E-state index in [0.717, 1.165) is 38.4 Å². The third-order valence-corrected chi connectivity index (χ3v) is 5.29. The van der Waals surface area contributed by atoms with Crippen molar-refractivity contribution in [2.75, 3.05) is 39.8 Å². The minimum absolute atomic E-state index is 0.151. The number of hydrogen-bond donors (Lipinski definition) is 0. The summed E-state index contributed by atoms with van der Waals surface area (Å²) in [5, 5.41) is 4.26. The Morgan fingerprint density at radius 2 is 2.08 bits per heavy atom. The van der Waals surface area contributed by atoms with E-state index in [0.29, 0.717) is 0 Å². The molecule has 0 radical (unpaired) electrons. The first kappa shape index (κ1) is 19.1. The number of nitrogens with zero attached hydrogens (tertiary/aromatic N) is 4. The van der Waals surface area contributed by atoms with Crippen LogP contribution in [0.15, 0.2) is 42.7 Å². The number of aromatic nitrogens is 2. The second kappa shape index (κ2) is 9.83. The molecular weight excluding hydrogens is 327 g/mol. The molecule has 3 rings (SSSR count). The normalized spacial score (nSPS) is 18.5. The zero-order valence-corrected chi connectivity index (χ0v) is 15.9. The molecule has 2 aromatic rings. The van der Waals surface area contributed by atoms with E-state index in [2.05, 4.69) is 21.9 Å². The fourth-order valence-electron chi connectivity index (χ4n) is 3.91. The molecule has 1 saturated heterocycles. The number of aryl methyl sites for hydroxylation is 1. The van der Waals surface area contributed by atoms with Gasteiger partial charge >= 0.3 is 0 Å². The van der Waals surface area contributed by atoms with Crippen molar-refractivity contribution in [1.82, 2.24) is 19.6 Å². The molecule has 1 unspecified atom stereocenters. The fraction of sp³-hybridized carbons (Fsp3) is 0.571. The molecule has 0 saturated carbocycles. The second-order valence-electron chi connectivity index (χ2n) is 7.57. The first-order chi connectivity index (χ1) is 12.7. The molecule has 1 atom stereocenters. The van der Waals surface area contributed by atoms with Crippen LogP contribution in [-0.4, -0.2) is 59.4 Å². The highest BCUT2D eigenvalue weighted by Crippen LogP contribution is 2.18. The SMILES string of the molecule is CN(CCCn1cccn1)CC1CCCN(CCc2ccc(F)cc2)C1. The van der Waals surface area contributed by atoms with Crippen LogP contribution in [0.2, 0.25) is 0 Å². The summed E-state index contributed by atoms with van der Waals surface area (Å²) < 4.78 is 15.0. The van der Waals surface area contributed by atoms with Crippen molar-refractivity contribution in [3.8, 4) is 0 Å². The van der Waals surface area contributed by atoms with Gasteiger partial charge in [0.15, 0.2) is 0 Å². The lowest BCUT2D eigenvalue weighted by atomic mass is 9.97. The van der Waals surface area contributed by atoms with Crippen LogP contribution in [0.3, 0.4) is 0 Å². The summed E-state index contributed by atoms with van der Waals surface area (Å²) >= 11 is 0. The van der Waals surface area contributed by atoms with Gasteiger partial charge in [0, 0.05) is 38.6 Å². The van der Waals surface area contributed by atoms with E-state index >= 15 is 0 Å². The summed E-state index contributed by atoms with van der Waals surface area (Å²) in [5.74, 6) is 0.606. The van der Waals surface area contributed by atoms with Crippen molar-refractivity contribution in [2.45, 2.75) is 32.2 Å².